The number of alkyl halides is 2. The molecule has 3 heteroatoms. The van der Waals surface area contributed by atoms with E-state index in [0.29, 0.717) is 0 Å². The lowest BCUT2D eigenvalue weighted by atomic mass is 10.2. The maximum absolute atomic E-state index is 12.1. The minimum Gasteiger partial charge on any atom is -0.321 e. The van der Waals surface area contributed by atoms with Crippen molar-refractivity contribution >= 4 is 0 Å². The monoisotopic (exact) mass is 180 g/mol. The van der Waals surface area contributed by atoms with Crippen LogP contribution in [0.3, 0.4) is 0 Å². The van der Waals surface area contributed by atoms with E-state index in [1.165, 1.54) is 12.8 Å². The highest BCUT2D eigenvalue weighted by Gasteiger charge is 2.20. The van der Waals surface area contributed by atoms with E-state index in [1.807, 2.05) is 0 Å². The van der Waals surface area contributed by atoms with Crippen LogP contribution in [0.25, 0.3) is 0 Å². The van der Waals surface area contributed by atoms with Crippen LogP contribution in [-0.4, -0.2) is 12.7 Å². The van der Waals surface area contributed by atoms with Crippen LogP contribution in [0.1, 0.15) is 46.0 Å². The zero-order valence-electron chi connectivity index (χ0n) is 7.91. The summed E-state index contributed by atoms with van der Waals surface area (Å²) < 4.78 is 28.4. The lowest BCUT2D eigenvalue weighted by Gasteiger charge is -2.10. The average Bonchev–Trinajstić information content (AvgIpc) is 1.94. The SMILES string of the molecule is CCCCCCCOC(C)(F)F. The van der Waals surface area contributed by atoms with E-state index < -0.39 is 6.11 Å². The van der Waals surface area contributed by atoms with Gasteiger partial charge in [0, 0.05) is 6.92 Å². The third kappa shape index (κ3) is 9.82. The highest BCUT2D eigenvalue weighted by atomic mass is 19.3. The molecule has 12 heavy (non-hydrogen) atoms. The van der Waals surface area contributed by atoms with Gasteiger partial charge in [0.1, 0.15) is 0 Å². The summed E-state index contributed by atoms with van der Waals surface area (Å²) >= 11 is 0. The average molecular weight is 180 g/mol. The second-order valence-corrected chi connectivity index (χ2v) is 3.07. The van der Waals surface area contributed by atoms with Crippen molar-refractivity contribution in [3.63, 3.8) is 0 Å². The molecule has 0 aromatic carbocycles. The third-order valence-corrected chi connectivity index (χ3v) is 1.60. The second kappa shape index (κ2) is 6.35. The van der Waals surface area contributed by atoms with E-state index in [9.17, 15) is 8.78 Å². The fourth-order valence-electron chi connectivity index (χ4n) is 0.957. The van der Waals surface area contributed by atoms with Crippen molar-refractivity contribution < 1.29 is 13.5 Å². The highest BCUT2D eigenvalue weighted by molar-refractivity contribution is 4.44. The topological polar surface area (TPSA) is 9.23 Å². The third-order valence-electron chi connectivity index (χ3n) is 1.60. The van der Waals surface area contributed by atoms with Crippen molar-refractivity contribution in [2.24, 2.45) is 0 Å². The first-order valence-corrected chi connectivity index (χ1v) is 4.58. The molecule has 0 fully saturated rings. The normalized spacial score (nSPS) is 12.0. The Kier molecular flexibility index (Phi) is 6.25. The van der Waals surface area contributed by atoms with E-state index in [2.05, 4.69) is 11.7 Å². The summed E-state index contributed by atoms with van der Waals surface area (Å²) in [6.07, 6.45) is 2.25. The van der Waals surface area contributed by atoms with Gasteiger partial charge in [-0.25, -0.2) is 0 Å². The van der Waals surface area contributed by atoms with Crippen LogP contribution in [0.5, 0.6) is 0 Å². The van der Waals surface area contributed by atoms with Crippen LogP contribution in [0.4, 0.5) is 8.78 Å². The van der Waals surface area contributed by atoms with Gasteiger partial charge >= 0.3 is 6.11 Å². The van der Waals surface area contributed by atoms with Crippen molar-refractivity contribution in [1.82, 2.24) is 0 Å². The van der Waals surface area contributed by atoms with Crippen LogP contribution in [0, 0.1) is 0 Å². The van der Waals surface area contributed by atoms with Crippen molar-refractivity contribution in [2.45, 2.75) is 52.1 Å². The molecule has 0 aromatic heterocycles. The molecule has 0 bridgehead atoms. The number of rotatable bonds is 7. The summed E-state index contributed by atoms with van der Waals surface area (Å²) in [4.78, 5) is 0. The summed E-state index contributed by atoms with van der Waals surface area (Å²) in [6, 6.07) is 0. The molecule has 0 aromatic rings. The Morgan fingerprint density at radius 3 is 2.17 bits per heavy atom. The van der Waals surface area contributed by atoms with Gasteiger partial charge in [0.2, 0.25) is 0 Å². The number of hydrogen-bond donors (Lipinski definition) is 0. The van der Waals surface area contributed by atoms with Gasteiger partial charge in [0.15, 0.2) is 0 Å². The molecule has 0 spiro atoms. The Morgan fingerprint density at radius 2 is 1.67 bits per heavy atom. The zero-order valence-corrected chi connectivity index (χ0v) is 7.91. The molecule has 0 amide bonds. The Balaban J connectivity index is 3.01. The van der Waals surface area contributed by atoms with Gasteiger partial charge in [-0.15, -0.1) is 0 Å². The van der Waals surface area contributed by atoms with Gasteiger partial charge < -0.3 is 4.74 Å². The van der Waals surface area contributed by atoms with Gasteiger partial charge in [-0.05, 0) is 6.42 Å². The Morgan fingerprint density at radius 1 is 1.08 bits per heavy atom. The van der Waals surface area contributed by atoms with Crippen LogP contribution >= 0.6 is 0 Å². The molecular weight excluding hydrogens is 162 g/mol. The largest absolute Gasteiger partial charge is 0.352 e. The minimum atomic E-state index is -2.95. The summed E-state index contributed by atoms with van der Waals surface area (Å²) in [5, 5.41) is 0. The first kappa shape index (κ1) is 11.8. The van der Waals surface area contributed by atoms with E-state index >= 15 is 0 Å². The Labute approximate surface area is 73.1 Å². The standard InChI is InChI=1S/C9H18F2O/c1-3-4-5-6-7-8-12-9(2,10)11/h3-8H2,1-2H3. The summed E-state index contributed by atoms with van der Waals surface area (Å²) in [6.45, 7) is 3.07. The van der Waals surface area contributed by atoms with Gasteiger partial charge in [-0.3, -0.25) is 0 Å². The van der Waals surface area contributed by atoms with E-state index in [0.717, 1.165) is 26.2 Å². The molecule has 0 heterocycles. The summed E-state index contributed by atoms with van der Waals surface area (Å²) in [7, 11) is 0. The molecule has 0 N–H and O–H groups in total. The van der Waals surface area contributed by atoms with Crippen LogP contribution in [0.15, 0.2) is 0 Å². The molecule has 74 valence electrons. The smallest absolute Gasteiger partial charge is 0.321 e. The molecular formula is C9H18F2O. The predicted octanol–water partition coefficient (Wildman–Crippen LogP) is 3.59. The molecule has 1 nitrogen and oxygen atoms in total. The van der Waals surface area contributed by atoms with Crippen molar-refractivity contribution in [3.8, 4) is 0 Å². The number of unbranched alkanes of at least 4 members (excludes halogenated alkanes) is 4. The number of halogens is 2. The Bertz CT molecular complexity index is 99.2. The zero-order chi connectivity index (χ0) is 9.45. The molecule has 0 aliphatic carbocycles. The number of hydrogen-bond acceptors (Lipinski definition) is 1. The first-order valence-electron chi connectivity index (χ1n) is 4.58. The minimum absolute atomic E-state index is 0.174. The molecule has 0 rings (SSSR count). The predicted molar refractivity (Wildman–Crippen MR) is 45.3 cm³/mol. The van der Waals surface area contributed by atoms with E-state index in [-0.39, 0.29) is 6.61 Å². The van der Waals surface area contributed by atoms with E-state index in [1.54, 1.807) is 0 Å². The molecule has 0 atom stereocenters. The second-order valence-electron chi connectivity index (χ2n) is 3.07. The number of ether oxygens (including phenoxy) is 1. The molecule has 0 saturated heterocycles. The molecule has 0 aliphatic rings. The lowest BCUT2D eigenvalue weighted by Crippen LogP contribution is -2.15. The van der Waals surface area contributed by atoms with Gasteiger partial charge in [-0.1, -0.05) is 32.6 Å². The van der Waals surface area contributed by atoms with Crippen LogP contribution < -0.4 is 0 Å². The summed E-state index contributed by atoms with van der Waals surface area (Å²) in [5.74, 6) is 0. The van der Waals surface area contributed by atoms with Crippen molar-refractivity contribution in [3.05, 3.63) is 0 Å². The van der Waals surface area contributed by atoms with Crippen LogP contribution in [-0.2, 0) is 4.74 Å². The lowest BCUT2D eigenvalue weighted by molar-refractivity contribution is -0.224. The Hall–Kier alpha value is -0.180. The molecule has 0 aliphatic heterocycles. The van der Waals surface area contributed by atoms with Gasteiger partial charge in [0.05, 0.1) is 6.61 Å². The maximum atomic E-state index is 12.1. The quantitative estimate of drug-likeness (QED) is 0.544. The van der Waals surface area contributed by atoms with Gasteiger partial charge in [0.25, 0.3) is 0 Å². The van der Waals surface area contributed by atoms with E-state index in [4.69, 9.17) is 0 Å². The van der Waals surface area contributed by atoms with Gasteiger partial charge in [-0.2, -0.15) is 8.78 Å². The fourth-order valence-corrected chi connectivity index (χ4v) is 0.957. The highest BCUT2D eigenvalue weighted by Crippen LogP contribution is 2.14. The first-order chi connectivity index (χ1) is 5.56. The van der Waals surface area contributed by atoms with Crippen molar-refractivity contribution in [1.29, 1.82) is 0 Å². The van der Waals surface area contributed by atoms with Crippen LogP contribution in [0.2, 0.25) is 0 Å². The molecule has 0 saturated carbocycles. The maximum Gasteiger partial charge on any atom is 0.352 e. The van der Waals surface area contributed by atoms with Crippen molar-refractivity contribution in [2.75, 3.05) is 6.61 Å². The molecule has 0 radical (unpaired) electrons. The molecule has 0 unspecified atom stereocenters. The summed E-state index contributed by atoms with van der Waals surface area (Å²) in [5.41, 5.74) is 0. The fraction of sp³-hybridized carbons (Fsp3) is 1.00.